The average Bonchev–Trinajstić information content (AvgIpc) is 3.00. The summed E-state index contributed by atoms with van der Waals surface area (Å²) in [7, 11) is -4.58. The summed E-state index contributed by atoms with van der Waals surface area (Å²) in [4.78, 5) is 11.6. The van der Waals surface area contributed by atoms with E-state index in [4.69, 9.17) is 13.5 Å². The Labute approximate surface area is 197 Å². The van der Waals surface area contributed by atoms with Crippen LogP contribution >= 0.6 is 0 Å². The van der Waals surface area contributed by atoms with Crippen LogP contribution in [0.4, 0.5) is 0 Å². The molecule has 0 radical (unpaired) electrons. The third-order valence-electron chi connectivity index (χ3n) is 9.70. The van der Waals surface area contributed by atoms with Crippen LogP contribution in [0.15, 0.2) is 23.5 Å². The lowest BCUT2D eigenvalue weighted by molar-refractivity contribution is -0.155. The minimum Gasteiger partial charge on any atom is -0.429 e. The fraction of sp³-hybridized carbons (Fsp3) is 0.800. The van der Waals surface area contributed by atoms with Crippen LogP contribution in [-0.4, -0.2) is 30.3 Å². The summed E-state index contributed by atoms with van der Waals surface area (Å²) in [5.74, 6) is 0.622. The number of hydrogen-bond acceptors (Lipinski definition) is 6. The highest BCUT2D eigenvalue weighted by atomic mass is 32.3. The first-order valence-electron chi connectivity index (χ1n) is 12.2. The van der Waals surface area contributed by atoms with E-state index in [9.17, 15) is 18.3 Å². The quantitative estimate of drug-likeness (QED) is 0.325. The van der Waals surface area contributed by atoms with Crippen molar-refractivity contribution in [1.29, 1.82) is 0 Å². The Hall–Kier alpha value is -1.38. The van der Waals surface area contributed by atoms with E-state index in [-0.39, 0.29) is 16.7 Å². The van der Waals surface area contributed by atoms with Crippen molar-refractivity contribution in [2.24, 2.45) is 34.0 Å². The molecule has 3 fully saturated rings. The van der Waals surface area contributed by atoms with Crippen molar-refractivity contribution in [3.05, 3.63) is 23.5 Å². The standard InChI is InChI=1S/C25H38O7S/c1-23(2)11-5-12-25(4)19(23)10-13-24(3)18(8-6-16-14-21(26)32-22(16)27)17(7-9-20(24)25)15-31-33(28,29)30/h14-15,18-20,22,27H,5-13H2,1-4H3,(H,28,29,30)/b17-15+/t18-,19-,20-,22-,24+,25-/m0/s1. The number of fused-ring (bicyclic) bond motifs is 3. The topological polar surface area (TPSA) is 110 Å². The van der Waals surface area contributed by atoms with Crippen molar-refractivity contribution < 1.29 is 31.8 Å². The number of hydrogen-bond donors (Lipinski definition) is 2. The van der Waals surface area contributed by atoms with Crippen LogP contribution in [0.1, 0.15) is 85.5 Å². The maximum atomic E-state index is 11.6. The number of aliphatic hydroxyl groups is 1. The number of cyclic esters (lactones) is 1. The van der Waals surface area contributed by atoms with Crippen molar-refractivity contribution in [2.75, 3.05) is 0 Å². The van der Waals surface area contributed by atoms with Gasteiger partial charge in [-0.3, -0.25) is 4.55 Å². The maximum Gasteiger partial charge on any atom is 0.445 e. The summed E-state index contributed by atoms with van der Waals surface area (Å²) in [5, 5.41) is 10.1. The van der Waals surface area contributed by atoms with Gasteiger partial charge < -0.3 is 14.0 Å². The molecule has 0 spiro atoms. The summed E-state index contributed by atoms with van der Waals surface area (Å²) < 4.78 is 41.3. The second kappa shape index (κ2) is 8.38. The Balaban J connectivity index is 1.67. The molecule has 4 aliphatic rings. The van der Waals surface area contributed by atoms with Gasteiger partial charge >= 0.3 is 16.4 Å². The molecule has 8 heteroatoms. The third-order valence-corrected chi connectivity index (χ3v) is 10.0. The fourth-order valence-corrected chi connectivity index (χ4v) is 8.64. The Morgan fingerprint density at radius 2 is 1.85 bits per heavy atom. The van der Waals surface area contributed by atoms with Crippen molar-refractivity contribution in [3.8, 4) is 0 Å². The van der Waals surface area contributed by atoms with E-state index in [1.807, 2.05) is 0 Å². The summed E-state index contributed by atoms with van der Waals surface area (Å²) in [6.45, 7) is 9.62. The Morgan fingerprint density at radius 3 is 2.48 bits per heavy atom. The lowest BCUT2D eigenvalue weighted by Crippen LogP contribution is -2.58. The molecular formula is C25H38O7S. The number of esters is 1. The average molecular weight is 483 g/mol. The SMILES string of the molecule is CC1(C)CCC[C@]2(C)[C@H]3CC/C(=C\OS(=O)(=O)O)[C@H](CCC4=CC(=O)O[C@@H]4O)[C@@]3(C)CC[C@@H]12. The smallest absolute Gasteiger partial charge is 0.429 e. The highest BCUT2D eigenvalue weighted by Crippen LogP contribution is 2.69. The molecule has 3 aliphatic carbocycles. The zero-order valence-corrected chi connectivity index (χ0v) is 21.0. The van der Waals surface area contributed by atoms with Crippen molar-refractivity contribution >= 4 is 16.4 Å². The van der Waals surface area contributed by atoms with E-state index in [1.54, 1.807) is 0 Å². The number of carbonyl (C=O) groups is 1. The first-order chi connectivity index (χ1) is 15.3. The van der Waals surface area contributed by atoms with Gasteiger partial charge in [0, 0.05) is 11.6 Å². The van der Waals surface area contributed by atoms with E-state index in [2.05, 4.69) is 27.7 Å². The van der Waals surface area contributed by atoms with Gasteiger partial charge in [0.25, 0.3) is 0 Å². The number of allylic oxidation sites excluding steroid dienone is 1. The van der Waals surface area contributed by atoms with Crippen LogP contribution in [-0.2, 0) is 24.1 Å². The van der Waals surface area contributed by atoms with Gasteiger partial charge in [0.15, 0.2) is 0 Å². The molecule has 0 amide bonds. The van der Waals surface area contributed by atoms with E-state index in [0.29, 0.717) is 42.1 Å². The normalized spacial score (nSPS) is 41.7. The molecule has 7 nitrogen and oxygen atoms in total. The van der Waals surface area contributed by atoms with E-state index in [1.165, 1.54) is 31.6 Å². The van der Waals surface area contributed by atoms with Gasteiger partial charge in [-0.25, -0.2) is 4.79 Å². The molecule has 0 bridgehead atoms. The molecule has 186 valence electrons. The molecule has 0 aromatic heterocycles. The lowest BCUT2D eigenvalue weighted by atomic mass is 9.39. The van der Waals surface area contributed by atoms with Gasteiger partial charge in [-0.05, 0) is 90.9 Å². The summed E-state index contributed by atoms with van der Waals surface area (Å²) >= 11 is 0. The van der Waals surface area contributed by atoms with Crippen LogP contribution in [0.25, 0.3) is 0 Å². The zero-order valence-electron chi connectivity index (χ0n) is 20.2. The first kappa shape index (κ1) is 24.7. The molecular weight excluding hydrogens is 444 g/mol. The second-order valence-corrected chi connectivity index (χ2v) is 12.9. The van der Waals surface area contributed by atoms with E-state index in [0.717, 1.165) is 24.8 Å². The van der Waals surface area contributed by atoms with Gasteiger partial charge in [0.1, 0.15) is 6.26 Å². The van der Waals surface area contributed by atoms with Crippen LogP contribution in [0.5, 0.6) is 0 Å². The van der Waals surface area contributed by atoms with Gasteiger partial charge in [0.2, 0.25) is 6.29 Å². The number of ether oxygens (including phenoxy) is 1. The Morgan fingerprint density at radius 1 is 1.12 bits per heavy atom. The van der Waals surface area contributed by atoms with E-state index < -0.39 is 22.7 Å². The second-order valence-electron chi connectivity index (χ2n) is 11.9. The molecule has 0 aromatic carbocycles. The van der Waals surface area contributed by atoms with Crippen LogP contribution in [0.3, 0.4) is 0 Å². The molecule has 0 unspecified atom stereocenters. The minimum atomic E-state index is -4.58. The molecule has 0 saturated heterocycles. The first-order valence-corrected chi connectivity index (χ1v) is 13.6. The lowest BCUT2D eigenvalue weighted by Gasteiger charge is -2.66. The van der Waals surface area contributed by atoms with Gasteiger partial charge in [-0.15, -0.1) is 0 Å². The monoisotopic (exact) mass is 482 g/mol. The number of aliphatic hydroxyl groups excluding tert-OH is 1. The summed E-state index contributed by atoms with van der Waals surface area (Å²) in [5.41, 5.74) is 1.89. The van der Waals surface area contributed by atoms with E-state index >= 15 is 0 Å². The van der Waals surface area contributed by atoms with Gasteiger partial charge in [0.05, 0.1) is 0 Å². The molecule has 2 N–H and O–H groups in total. The van der Waals surface area contributed by atoms with Crippen LogP contribution in [0, 0.1) is 34.0 Å². The van der Waals surface area contributed by atoms with Crippen molar-refractivity contribution in [2.45, 2.75) is 91.8 Å². The number of rotatable bonds is 5. The molecule has 33 heavy (non-hydrogen) atoms. The fourth-order valence-electron chi connectivity index (χ4n) is 8.40. The zero-order chi connectivity index (χ0) is 24.2. The molecule has 1 aliphatic heterocycles. The summed E-state index contributed by atoms with van der Waals surface area (Å²) in [6.07, 6.45) is 10.0. The van der Waals surface area contributed by atoms with Crippen molar-refractivity contribution in [1.82, 2.24) is 0 Å². The van der Waals surface area contributed by atoms with Gasteiger partial charge in [-0.2, -0.15) is 8.42 Å². The Bertz CT molecular complexity index is 965. The van der Waals surface area contributed by atoms with Crippen molar-refractivity contribution in [3.63, 3.8) is 0 Å². The molecule has 0 aromatic rings. The predicted octanol–water partition coefficient (Wildman–Crippen LogP) is 4.93. The molecule has 4 rings (SSSR count). The highest BCUT2D eigenvalue weighted by Gasteiger charge is 2.61. The summed E-state index contributed by atoms with van der Waals surface area (Å²) in [6, 6.07) is 0. The molecule has 3 saturated carbocycles. The minimum absolute atomic E-state index is 0.0182. The van der Waals surface area contributed by atoms with Gasteiger partial charge in [-0.1, -0.05) is 34.1 Å². The Kier molecular flexibility index (Phi) is 6.28. The maximum absolute atomic E-state index is 11.6. The predicted molar refractivity (Wildman–Crippen MR) is 123 cm³/mol. The van der Waals surface area contributed by atoms with Crippen LogP contribution in [0.2, 0.25) is 0 Å². The third kappa shape index (κ3) is 4.50. The molecule has 1 heterocycles. The van der Waals surface area contributed by atoms with Crippen LogP contribution < -0.4 is 0 Å². The highest BCUT2D eigenvalue weighted by molar-refractivity contribution is 7.81. The largest absolute Gasteiger partial charge is 0.445 e. The number of carbonyl (C=O) groups excluding carboxylic acids is 1. The molecule has 6 atom stereocenters.